The molecule has 132 valence electrons. The third-order valence-corrected chi connectivity index (χ3v) is 6.66. The van der Waals surface area contributed by atoms with Crippen LogP contribution in [0.4, 0.5) is 0 Å². The summed E-state index contributed by atoms with van der Waals surface area (Å²) in [6, 6.07) is 5.99. The smallest absolute Gasteiger partial charge is 0.251 e. The second kappa shape index (κ2) is 6.60. The molecular formula is C21H25ClN2O. The molecule has 0 saturated heterocycles. The molecule has 1 aromatic carbocycles. The Kier molecular flexibility index (Phi) is 4.45. The average Bonchev–Trinajstić information content (AvgIpc) is 3.07. The second-order valence-corrected chi connectivity index (χ2v) is 8.16. The number of aryl methyl sites for hydroxylation is 1. The van der Waals surface area contributed by atoms with E-state index in [0.717, 1.165) is 47.3 Å². The summed E-state index contributed by atoms with van der Waals surface area (Å²) < 4.78 is 0. The summed E-state index contributed by atoms with van der Waals surface area (Å²) in [5.41, 5.74) is 3.81. The summed E-state index contributed by atoms with van der Waals surface area (Å²) in [7, 11) is 0. The zero-order valence-corrected chi connectivity index (χ0v) is 15.7. The average molecular weight is 357 g/mol. The van der Waals surface area contributed by atoms with E-state index in [1.807, 2.05) is 18.2 Å². The van der Waals surface area contributed by atoms with Crippen LogP contribution in [0, 0.1) is 11.8 Å². The van der Waals surface area contributed by atoms with Crippen LogP contribution in [-0.2, 0) is 12.8 Å². The summed E-state index contributed by atoms with van der Waals surface area (Å²) in [6.07, 6.45) is 6.64. The van der Waals surface area contributed by atoms with Gasteiger partial charge in [-0.3, -0.25) is 9.78 Å². The maximum Gasteiger partial charge on any atom is 0.251 e. The van der Waals surface area contributed by atoms with Crippen molar-refractivity contribution in [1.82, 2.24) is 10.3 Å². The molecule has 1 amide bonds. The maximum atomic E-state index is 12.8. The number of halogens is 1. The van der Waals surface area contributed by atoms with Crippen molar-refractivity contribution in [3.63, 3.8) is 0 Å². The number of benzene rings is 1. The number of pyridine rings is 1. The number of hydrogen-bond acceptors (Lipinski definition) is 2. The maximum absolute atomic E-state index is 12.8. The molecule has 2 aliphatic rings. The van der Waals surface area contributed by atoms with Crippen molar-refractivity contribution in [2.75, 3.05) is 0 Å². The number of amides is 1. The lowest BCUT2D eigenvalue weighted by Crippen LogP contribution is -2.43. The molecule has 1 N–H and O–H groups in total. The van der Waals surface area contributed by atoms with E-state index in [2.05, 4.69) is 19.2 Å². The lowest BCUT2D eigenvalue weighted by molar-refractivity contribution is 0.0891. The minimum Gasteiger partial charge on any atom is -0.349 e. The van der Waals surface area contributed by atoms with Gasteiger partial charge in [-0.1, -0.05) is 44.4 Å². The molecule has 0 spiro atoms. The molecule has 1 fully saturated rings. The molecule has 3 unspecified atom stereocenters. The molecule has 1 aromatic heterocycles. The van der Waals surface area contributed by atoms with E-state index in [-0.39, 0.29) is 11.9 Å². The third-order valence-electron chi connectivity index (χ3n) is 6.23. The highest BCUT2D eigenvalue weighted by atomic mass is 35.5. The predicted molar refractivity (Wildman–Crippen MR) is 102 cm³/mol. The molecule has 2 aliphatic carbocycles. The van der Waals surface area contributed by atoms with Crippen LogP contribution < -0.4 is 5.32 Å². The first-order valence-corrected chi connectivity index (χ1v) is 9.84. The van der Waals surface area contributed by atoms with Gasteiger partial charge in [0.1, 0.15) is 0 Å². The van der Waals surface area contributed by atoms with Gasteiger partial charge in [0.2, 0.25) is 0 Å². The van der Waals surface area contributed by atoms with Crippen LogP contribution in [0.25, 0.3) is 10.9 Å². The van der Waals surface area contributed by atoms with Gasteiger partial charge in [-0.2, -0.15) is 0 Å². The van der Waals surface area contributed by atoms with Crippen molar-refractivity contribution >= 4 is 28.4 Å². The van der Waals surface area contributed by atoms with Crippen LogP contribution in [0.3, 0.4) is 0 Å². The van der Waals surface area contributed by atoms with Crippen LogP contribution >= 0.6 is 11.6 Å². The van der Waals surface area contributed by atoms with Gasteiger partial charge in [0.15, 0.2) is 0 Å². The molecule has 1 heterocycles. The number of nitrogens with zero attached hydrogens (tertiary/aromatic N) is 1. The fourth-order valence-electron chi connectivity index (χ4n) is 4.38. The molecule has 4 rings (SSSR count). The Morgan fingerprint density at radius 1 is 1.20 bits per heavy atom. The van der Waals surface area contributed by atoms with Crippen molar-refractivity contribution in [3.8, 4) is 0 Å². The molecule has 4 heteroatoms. The van der Waals surface area contributed by atoms with Crippen molar-refractivity contribution in [2.45, 2.75) is 58.4 Å². The van der Waals surface area contributed by atoms with Gasteiger partial charge in [-0.05, 0) is 55.2 Å². The Morgan fingerprint density at radius 2 is 2.04 bits per heavy atom. The highest BCUT2D eigenvalue weighted by molar-refractivity contribution is 6.36. The van der Waals surface area contributed by atoms with Gasteiger partial charge in [-0.25, -0.2) is 0 Å². The van der Waals surface area contributed by atoms with Gasteiger partial charge < -0.3 is 5.32 Å². The van der Waals surface area contributed by atoms with Gasteiger partial charge in [0.05, 0.1) is 10.5 Å². The van der Waals surface area contributed by atoms with Crippen molar-refractivity contribution in [1.29, 1.82) is 0 Å². The normalized spacial score (nSPS) is 25.8. The third kappa shape index (κ3) is 3.03. The zero-order chi connectivity index (χ0) is 17.6. The van der Waals surface area contributed by atoms with E-state index < -0.39 is 0 Å². The van der Waals surface area contributed by atoms with Gasteiger partial charge in [-0.15, -0.1) is 0 Å². The number of rotatable bonds is 2. The Hall–Kier alpha value is -1.61. The number of carbonyl (C=O) groups is 1. The number of fused-ring (bicyclic) bond motifs is 2. The van der Waals surface area contributed by atoms with Crippen LogP contribution in [0.1, 0.15) is 61.1 Å². The Morgan fingerprint density at radius 3 is 2.88 bits per heavy atom. The minimum absolute atomic E-state index is 0.00581. The van der Waals surface area contributed by atoms with Crippen LogP contribution in [0.15, 0.2) is 18.2 Å². The summed E-state index contributed by atoms with van der Waals surface area (Å²) >= 11 is 6.57. The SMILES string of the molecule is CC1CCCC(NC(=O)c2ccc3c(Cl)c4c(nc3c2)CCC4)C1C. The Balaban J connectivity index is 1.61. The van der Waals surface area contributed by atoms with E-state index in [1.165, 1.54) is 18.4 Å². The van der Waals surface area contributed by atoms with E-state index in [1.54, 1.807) is 0 Å². The summed E-state index contributed by atoms with van der Waals surface area (Å²) in [6.45, 7) is 4.53. The van der Waals surface area contributed by atoms with E-state index in [4.69, 9.17) is 16.6 Å². The number of aromatic nitrogens is 1. The molecule has 25 heavy (non-hydrogen) atoms. The molecule has 3 nitrogen and oxygen atoms in total. The summed E-state index contributed by atoms with van der Waals surface area (Å²) in [4.78, 5) is 17.5. The second-order valence-electron chi connectivity index (χ2n) is 7.78. The first-order valence-electron chi connectivity index (χ1n) is 9.46. The first-order chi connectivity index (χ1) is 12.0. The van der Waals surface area contributed by atoms with Crippen molar-refractivity contribution in [2.24, 2.45) is 11.8 Å². The summed E-state index contributed by atoms with van der Waals surface area (Å²) in [5.74, 6) is 1.19. The highest BCUT2D eigenvalue weighted by Crippen LogP contribution is 2.34. The van der Waals surface area contributed by atoms with Gasteiger partial charge in [0.25, 0.3) is 5.91 Å². The standard InChI is InChI=1S/C21H25ClN2O/c1-12-5-3-7-17(13(12)2)24-21(25)14-9-10-16-19(11-14)23-18-8-4-6-15(18)20(16)22/h9-13,17H,3-8H2,1-2H3,(H,24,25). The topological polar surface area (TPSA) is 42.0 Å². The van der Waals surface area contributed by atoms with Crippen LogP contribution in [0.5, 0.6) is 0 Å². The molecule has 0 radical (unpaired) electrons. The molecule has 0 bridgehead atoms. The number of carbonyl (C=O) groups excluding carboxylic acids is 1. The molecule has 2 aromatic rings. The minimum atomic E-state index is 0.00581. The highest BCUT2D eigenvalue weighted by Gasteiger charge is 2.28. The van der Waals surface area contributed by atoms with Crippen LogP contribution in [-0.4, -0.2) is 16.9 Å². The number of hydrogen-bond donors (Lipinski definition) is 1. The lowest BCUT2D eigenvalue weighted by Gasteiger charge is -2.34. The molecule has 3 atom stereocenters. The quantitative estimate of drug-likeness (QED) is 0.828. The Bertz CT molecular complexity index is 832. The van der Waals surface area contributed by atoms with Crippen molar-refractivity contribution in [3.05, 3.63) is 40.0 Å². The fourth-order valence-corrected chi connectivity index (χ4v) is 4.75. The molecule has 1 saturated carbocycles. The fraction of sp³-hybridized carbons (Fsp3) is 0.524. The first kappa shape index (κ1) is 16.8. The molecular weight excluding hydrogens is 332 g/mol. The molecule has 0 aliphatic heterocycles. The Labute approximate surface area is 154 Å². The largest absolute Gasteiger partial charge is 0.349 e. The van der Waals surface area contributed by atoms with Crippen molar-refractivity contribution < 1.29 is 4.79 Å². The zero-order valence-electron chi connectivity index (χ0n) is 14.9. The number of nitrogens with one attached hydrogen (secondary N) is 1. The van der Waals surface area contributed by atoms with E-state index >= 15 is 0 Å². The predicted octanol–water partition coefficient (Wildman–Crippen LogP) is 4.93. The van der Waals surface area contributed by atoms with E-state index in [9.17, 15) is 4.79 Å². The lowest BCUT2D eigenvalue weighted by atomic mass is 9.78. The van der Waals surface area contributed by atoms with Gasteiger partial charge >= 0.3 is 0 Å². The van der Waals surface area contributed by atoms with E-state index in [0.29, 0.717) is 17.4 Å². The summed E-state index contributed by atoms with van der Waals surface area (Å²) in [5, 5.41) is 5.02. The monoisotopic (exact) mass is 356 g/mol. The van der Waals surface area contributed by atoms with Crippen LogP contribution in [0.2, 0.25) is 5.02 Å². The van der Waals surface area contributed by atoms with Gasteiger partial charge in [0, 0.05) is 22.7 Å².